The Morgan fingerprint density at radius 2 is 2.58 bits per heavy atom. The van der Waals surface area contributed by atoms with Crippen molar-refractivity contribution in [3.8, 4) is 0 Å². The molecular weight excluding hydrogens is 156 g/mol. The van der Waals surface area contributed by atoms with E-state index in [0.717, 1.165) is 0 Å². The van der Waals surface area contributed by atoms with Gasteiger partial charge in [-0.1, -0.05) is 11.2 Å². The van der Waals surface area contributed by atoms with Crippen LogP contribution in [0.3, 0.4) is 0 Å². The average Bonchev–Trinajstić information content (AvgIpc) is 2.36. The van der Waals surface area contributed by atoms with Crippen LogP contribution < -0.4 is 5.32 Å². The van der Waals surface area contributed by atoms with Gasteiger partial charge in [0, 0.05) is 6.42 Å². The number of nitrogens with one attached hydrogen (secondary N) is 1. The third kappa shape index (κ3) is 2.38. The van der Waals surface area contributed by atoms with E-state index in [9.17, 15) is 4.79 Å². The SMILES string of the molecule is C/C=C/C(=O)NC1=NOC(C)C1. The molecule has 0 fully saturated rings. The molecule has 1 N–H and O–H groups in total. The van der Waals surface area contributed by atoms with Crippen LogP contribution in [0.1, 0.15) is 20.3 Å². The molecule has 4 heteroatoms. The molecule has 1 amide bonds. The number of amides is 1. The Morgan fingerprint density at radius 3 is 3.08 bits per heavy atom. The van der Waals surface area contributed by atoms with Crippen molar-refractivity contribution in [1.82, 2.24) is 5.32 Å². The molecule has 66 valence electrons. The number of allylic oxidation sites excluding steroid dienone is 1. The van der Waals surface area contributed by atoms with Crippen LogP contribution in [0.15, 0.2) is 17.3 Å². The minimum absolute atomic E-state index is 0.0749. The van der Waals surface area contributed by atoms with Crippen molar-refractivity contribution in [2.75, 3.05) is 0 Å². The molecule has 1 rings (SSSR count). The van der Waals surface area contributed by atoms with Gasteiger partial charge < -0.3 is 10.2 Å². The Bertz CT molecular complexity index is 233. The van der Waals surface area contributed by atoms with Crippen molar-refractivity contribution in [3.05, 3.63) is 12.2 Å². The lowest BCUT2D eigenvalue weighted by Crippen LogP contribution is -2.28. The molecule has 1 aliphatic heterocycles. The maximum atomic E-state index is 11.0. The highest BCUT2D eigenvalue weighted by molar-refractivity contribution is 6.03. The highest BCUT2D eigenvalue weighted by atomic mass is 16.6. The molecule has 0 aromatic carbocycles. The van der Waals surface area contributed by atoms with Crippen LogP contribution >= 0.6 is 0 Å². The largest absolute Gasteiger partial charge is 0.391 e. The summed E-state index contributed by atoms with van der Waals surface area (Å²) < 4.78 is 0. The first kappa shape index (κ1) is 8.77. The summed E-state index contributed by atoms with van der Waals surface area (Å²) >= 11 is 0. The Hall–Kier alpha value is -1.32. The van der Waals surface area contributed by atoms with Crippen LogP contribution in [-0.4, -0.2) is 17.8 Å². The zero-order valence-corrected chi connectivity index (χ0v) is 7.20. The molecule has 0 aromatic rings. The predicted molar refractivity (Wildman–Crippen MR) is 45.6 cm³/mol. The summed E-state index contributed by atoms with van der Waals surface area (Å²) in [5, 5.41) is 6.30. The van der Waals surface area contributed by atoms with Gasteiger partial charge in [0.25, 0.3) is 0 Å². The van der Waals surface area contributed by atoms with Gasteiger partial charge in [0.15, 0.2) is 5.84 Å². The van der Waals surface area contributed by atoms with Gasteiger partial charge in [0.2, 0.25) is 5.91 Å². The van der Waals surface area contributed by atoms with E-state index in [2.05, 4.69) is 10.5 Å². The van der Waals surface area contributed by atoms with E-state index in [0.29, 0.717) is 12.3 Å². The van der Waals surface area contributed by atoms with Crippen molar-refractivity contribution in [2.24, 2.45) is 5.16 Å². The fourth-order valence-corrected chi connectivity index (χ4v) is 0.910. The van der Waals surface area contributed by atoms with Gasteiger partial charge in [-0.2, -0.15) is 0 Å². The third-order valence-electron chi connectivity index (χ3n) is 1.41. The van der Waals surface area contributed by atoms with Crippen LogP contribution in [0.2, 0.25) is 0 Å². The molecule has 0 aromatic heterocycles. The summed E-state index contributed by atoms with van der Waals surface area (Å²) in [7, 11) is 0. The third-order valence-corrected chi connectivity index (χ3v) is 1.41. The summed E-state index contributed by atoms with van der Waals surface area (Å²) in [6.45, 7) is 3.69. The van der Waals surface area contributed by atoms with Crippen molar-refractivity contribution in [1.29, 1.82) is 0 Å². The molecule has 1 heterocycles. The quantitative estimate of drug-likeness (QED) is 0.589. The van der Waals surface area contributed by atoms with E-state index in [4.69, 9.17) is 4.84 Å². The monoisotopic (exact) mass is 168 g/mol. The smallest absolute Gasteiger partial charge is 0.249 e. The fraction of sp³-hybridized carbons (Fsp3) is 0.500. The van der Waals surface area contributed by atoms with Gasteiger partial charge >= 0.3 is 0 Å². The van der Waals surface area contributed by atoms with Crippen molar-refractivity contribution in [3.63, 3.8) is 0 Å². The van der Waals surface area contributed by atoms with Crippen LogP contribution in [0.5, 0.6) is 0 Å². The van der Waals surface area contributed by atoms with Crippen molar-refractivity contribution in [2.45, 2.75) is 26.4 Å². The molecule has 1 unspecified atom stereocenters. The first-order chi connectivity index (χ1) is 5.72. The van der Waals surface area contributed by atoms with E-state index in [1.54, 1.807) is 13.0 Å². The maximum Gasteiger partial charge on any atom is 0.249 e. The summed E-state index contributed by atoms with van der Waals surface area (Å²) in [5.74, 6) is 0.444. The first-order valence-corrected chi connectivity index (χ1v) is 3.88. The number of rotatable bonds is 1. The summed E-state index contributed by atoms with van der Waals surface area (Å²) in [6, 6.07) is 0. The predicted octanol–water partition coefficient (Wildman–Crippen LogP) is 0.801. The van der Waals surface area contributed by atoms with E-state index in [1.165, 1.54) is 6.08 Å². The number of nitrogens with zero attached hydrogens (tertiary/aromatic N) is 1. The molecule has 0 aliphatic carbocycles. The second kappa shape index (κ2) is 3.90. The maximum absolute atomic E-state index is 11.0. The highest BCUT2D eigenvalue weighted by Gasteiger charge is 2.16. The summed E-state index contributed by atoms with van der Waals surface area (Å²) in [6.07, 6.45) is 3.87. The number of hydrogen-bond donors (Lipinski definition) is 1. The van der Waals surface area contributed by atoms with E-state index < -0.39 is 0 Å². The van der Waals surface area contributed by atoms with Crippen LogP contribution in [-0.2, 0) is 9.63 Å². The lowest BCUT2D eigenvalue weighted by atomic mass is 10.3. The zero-order chi connectivity index (χ0) is 8.97. The molecule has 0 spiro atoms. The minimum atomic E-state index is -0.158. The van der Waals surface area contributed by atoms with E-state index in [1.807, 2.05) is 6.92 Å². The number of hydrogen-bond acceptors (Lipinski definition) is 3. The van der Waals surface area contributed by atoms with Gasteiger partial charge in [-0.05, 0) is 19.9 Å². The fourth-order valence-electron chi connectivity index (χ4n) is 0.910. The topological polar surface area (TPSA) is 50.7 Å². The Kier molecular flexibility index (Phi) is 2.85. The van der Waals surface area contributed by atoms with Crippen LogP contribution in [0, 0.1) is 0 Å². The Labute approximate surface area is 71.3 Å². The summed E-state index contributed by atoms with van der Waals surface area (Å²) in [5.41, 5.74) is 0. The van der Waals surface area contributed by atoms with Gasteiger partial charge in [-0.15, -0.1) is 0 Å². The standard InChI is InChI=1S/C8H12N2O2/c1-3-4-8(11)9-7-5-6(2)12-10-7/h3-4,6H,5H2,1-2H3,(H,9,10,11)/b4-3+. The van der Waals surface area contributed by atoms with Gasteiger partial charge in [-0.3, -0.25) is 4.79 Å². The molecule has 0 saturated carbocycles. The average molecular weight is 168 g/mol. The molecule has 0 radical (unpaired) electrons. The van der Waals surface area contributed by atoms with Crippen LogP contribution in [0.25, 0.3) is 0 Å². The summed E-state index contributed by atoms with van der Waals surface area (Å²) in [4.78, 5) is 15.9. The second-order valence-electron chi connectivity index (χ2n) is 2.65. The Morgan fingerprint density at radius 1 is 1.83 bits per heavy atom. The van der Waals surface area contributed by atoms with E-state index in [-0.39, 0.29) is 12.0 Å². The number of carbonyl (C=O) groups excluding carboxylic acids is 1. The minimum Gasteiger partial charge on any atom is -0.391 e. The first-order valence-electron chi connectivity index (χ1n) is 3.88. The van der Waals surface area contributed by atoms with Crippen molar-refractivity contribution >= 4 is 11.7 Å². The van der Waals surface area contributed by atoms with E-state index >= 15 is 0 Å². The zero-order valence-electron chi connectivity index (χ0n) is 7.20. The lowest BCUT2D eigenvalue weighted by Gasteiger charge is -1.97. The number of amidine groups is 1. The second-order valence-corrected chi connectivity index (χ2v) is 2.65. The lowest BCUT2D eigenvalue weighted by molar-refractivity contribution is -0.115. The van der Waals surface area contributed by atoms with Gasteiger partial charge in [0.05, 0.1) is 0 Å². The van der Waals surface area contributed by atoms with Gasteiger partial charge in [-0.25, -0.2) is 0 Å². The van der Waals surface area contributed by atoms with Crippen LogP contribution in [0.4, 0.5) is 0 Å². The molecule has 4 nitrogen and oxygen atoms in total. The Balaban J connectivity index is 2.37. The molecule has 1 atom stereocenters. The normalized spacial score (nSPS) is 22.2. The van der Waals surface area contributed by atoms with Crippen molar-refractivity contribution < 1.29 is 9.63 Å². The molecule has 0 bridgehead atoms. The number of oxime groups is 1. The number of carbonyl (C=O) groups is 1. The molecular formula is C8H12N2O2. The molecule has 1 aliphatic rings. The van der Waals surface area contributed by atoms with Gasteiger partial charge in [0.1, 0.15) is 6.10 Å². The molecule has 0 saturated heterocycles. The highest BCUT2D eigenvalue weighted by Crippen LogP contribution is 2.06. The molecule has 12 heavy (non-hydrogen) atoms.